The van der Waals surface area contributed by atoms with Crippen LogP contribution in [0.2, 0.25) is 0 Å². The van der Waals surface area contributed by atoms with Gasteiger partial charge in [-0.2, -0.15) is 0 Å². The topological polar surface area (TPSA) is 55.5 Å². The number of hydrogen-bond donors (Lipinski definition) is 2. The van der Waals surface area contributed by atoms with Crippen LogP contribution in [0.3, 0.4) is 0 Å². The van der Waals surface area contributed by atoms with E-state index in [1.807, 2.05) is 26.0 Å². The highest BCUT2D eigenvalue weighted by molar-refractivity contribution is 8.00. The van der Waals surface area contributed by atoms with Crippen LogP contribution in [-0.2, 0) is 0 Å². The summed E-state index contributed by atoms with van der Waals surface area (Å²) in [5.74, 6) is 0.780. The van der Waals surface area contributed by atoms with Crippen LogP contribution in [0.25, 0.3) is 0 Å². The van der Waals surface area contributed by atoms with Crippen LogP contribution in [-0.4, -0.2) is 23.1 Å². The molecule has 0 bridgehead atoms. The van der Waals surface area contributed by atoms with Crippen molar-refractivity contribution in [2.24, 2.45) is 0 Å². The number of anilines is 1. The van der Waals surface area contributed by atoms with Gasteiger partial charge in [-0.1, -0.05) is 6.92 Å². The molecule has 0 amide bonds. The minimum atomic E-state index is -0.345. The number of nitrogen functional groups attached to an aromatic ring is 1. The molecule has 3 nitrogen and oxygen atoms in total. The zero-order valence-corrected chi connectivity index (χ0v) is 10.8. The van der Waals surface area contributed by atoms with Gasteiger partial charge >= 0.3 is 0 Å². The van der Waals surface area contributed by atoms with E-state index in [0.717, 1.165) is 10.6 Å². The van der Waals surface area contributed by atoms with Gasteiger partial charge in [0.1, 0.15) is 5.75 Å². The summed E-state index contributed by atoms with van der Waals surface area (Å²) >= 11 is 1.60. The molecule has 0 aromatic heterocycles. The first kappa shape index (κ1) is 13.2. The molecule has 0 heterocycles. The maximum atomic E-state index is 9.44. The highest BCUT2D eigenvalue weighted by atomic mass is 32.2. The van der Waals surface area contributed by atoms with E-state index in [-0.39, 0.29) is 11.4 Å². The third kappa shape index (κ3) is 3.94. The lowest BCUT2D eigenvalue weighted by Gasteiger charge is -2.15. The van der Waals surface area contributed by atoms with E-state index in [1.165, 1.54) is 0 Å². The molecule has 1 aromatic carbocycles. The van der Waals surface area contributed by atoms with Crippen molar-refractivity contribution in [3.63, 3.8) is 0 Å². The third-order valence-corrected chi connectivity index (χ3v) is 3.49. The Morgan fingerprint density at radius 1 is 1.38 bits per heavy atom. The number of hydrogen-bond acceptors (Lipinski definition) is 4. The fourth-order valence-corrected chi connectivity index (χ4v) is 2.24. The lowest BCUT2D eigenvalue weighted by Crippen LogP contribution is -2.14. The molecule has 0 saturated carbocycles. The summed E-state index contributed by atoms with van der Waals surface area (Å²) in [5, 5.41) is 9.58. The third-order valence-electron chi connectivity index (χ3n) is 2.21. The Kier molecular flexibility index (Phi) is 4.96. The second-order valence-electron chi connectivity index (χ2n) is 3.73. The molecule has 3 N–H and O–H groups in total. The van der Waals surface area contributed by atoms with Crippen LogP contribution < -0.4 is 10.5 Å². The van der Waals surface area contributed by atoms with Gasteiger partial charge in [-0.15, -0.1) is 11.8 Å². The lowest BCUT2D eigenvalue weighted by molar-refractivity contribution is 0.196. The Morgan fingerprint density at radius 2 is 2.06 bits per heavy atom. The zero-order valence-electron chi connectivity index (χ0n) is 9.93. The quantitative estimate of drug-likeness (QED) is 0.614. The van der Waals surface area contributed by atoms with Crippen molar-refractivity contribution in [1.82, 2.24) is 0 Å². The average molecular weight is 241 g/mol. The summed E-state index contributed by atoms with van der Waals surface area (Å²) in [5.41, 5.74) is 6.47. The molecule has 0 saturated heterocycles. The molecule has 4 heteroatoms. The molecular weight excluding hydrogens is 222 g/mol. The molecular formula is C12H19NO2S. The van der Waals surface area contributed by atoms with Gasteiger partial charge in [0.05, 0.1) is 12.7 Å². The molecule has 0 fully saturated rings. The summed E-state index contributed by atoms with van der Waals surface area (Å²) in [7, 11) is 0. The second kappa shape index (κ2) is 6.01. The smallest absolute Gasteiger partial charge is 0.122 e. The monoisotopic (exact) mass is 241 g/mol. The van der Waals surface area contributed by atoms with Gasteiger partial charge in [-0.25, -0.2) is 0 Å². The highest BCUT2D eigenvalue weighted by Gasteiger charge is 2.11. The SMILES string of the molecule is CCOc1cc(N)cc(SC(C)C(C)O)c1. The van der Waals surface area contributed by atoms with Crippen LogP contribution in [0.4, 0.5) is 5.69 Å². The minimum absolute atomic E-state index is 0.135. The van der Waals surface area contributed by atoms with Gasteiger partial charge in [0.2, 0.25) is 0 Å². The molecule has 0 aliphatic heterocycles. The van der Waals surface area contributed by atoms with E-state index in [9.17, 15) is 5.11 Å². The Morgan fingerprint density at radius 3 is 2.62 bits per heavy atom. The highest BCUT2D eigenvalue weighted by Crippen LogP contribution is 2.30. The van der Waals surface area contributed by atoms with Crippen LogP contribution in [0.5, 0.6) is 5.75 Å². The maximum absolute atomic E-state index is 9.44. The number of ether oxygens (including phenoxy) is 1. The predicted molar refractivity (Wildman–Crippen MR) is 69.0 cm³/mol. The summed E-state index contributed by atoms with van der Waals surface area (Å²) in [4.78, 5) is 1.02. The predicted octanol–water partition coefficient (Wildman–Crippen LogP) is 2.53. The van der Waals surface area contributed by atoms with Crippen molar-refractivity contribution in [2.45, 2.75) is 37.0 Å². The van der Waals surface area contributed by atoms with Gasteiger partial charge in [-0.05, 0) is 26.0 Å². The fraction of sp³-hybridized carbons (Fsp3) is 0.500. The molecule has 16 heavy (non-hydrogen) atoms. The molecule has 1 aromatic rings. The maximum Gasteiger partial charge on any atom is 0.122 e. The van der Waals surface area contributed by atoms with Crippen molar-refractivity contribution in [1.29, 1.82) is 0 Å². The summed E-state index contributed by atoms with van der Waals surface area (Å²) in [6.45, 7) is 6.33. The van der Waals surface area contributed by atoms with Gasteiger partial charge in [0, 0.05) is 21.9 Å². The zero-order chi connectivity index (χ0) is 12.1. The number of aliphatic hydroxyl groups is 1. The van der Waals surface area contributed by atoms with Crippen molar-refractivity contribution >= 4 is 17.4 Å². The molecule has 0 aliphatic carbocycles. The molecule has 2 unspecified atom stereocenters. The molecule has 2 atom stereocenters. The van der Waals surface area contributed by atoms with Crippen LogP contribution in [0, 0.1) is 0 Å². The largest absolute Gasteiger partial charge is 0.494 e. The standard InChI is InChI=1S/C12H19NO2S/c1-4-15-11-5-10(13)6-12(7-11)16-9(3)8(2)14/h5-9,14H,4,13H2,1-3H3. The van der Waals surface area contributed by atoms with Gasteiger partial charge in [-0.3, -0.25) is 0 Å². The number of aliphatic hydroxyl groups excluding tert-OH is 1. The normalized spacial score (nSPS) is 14.5. The fourth-order valence-electron chi connectivity index (χ4n) is 1.22. The Balaban J connectivity index is 2.79. The minimum Gasteiger partial charge on any atom is -0.494 e. The van der Waals surface area contributed by atoms with E-state index >= 15 is 0 Å². The van der Waals surface area contributed by atoms with Gasteiger partial charge < -0.3 is 15.6 Å². The van der Waals surface area contributed by atoms with E-state index in [4.69, 9.17) is 10.5 Å². The van der Waals surface area contributed by atoms with Crippen LogP contribution in [0.15, 0.2) is 23.1 Å². The number of thioether (sulfide) groups is 1. The van der Waals surface area contributed by atoms with Crippen molar-refractivity contribution < 1.29 is 9.84 Å². The first-order chi connectivity index (χ1) is 7.52. The van der Waals surface area contributed by atoms with Crippen molar-refractivity contribution in [3.8, 4) is 5.75 Å². The van der Waals surface area contributed by atoms with Gasteiger partial charge in [0.25, 0.3) is 0 Å². The average Bonchev–Trinajstić information content (AvgIpc) is 2.16. The van der Waals surface area contributed by atoms with Crippen LogP contribution >= 0.6 is 11.8 Å². The molecule has 0 aliphatic rings. The van der Waals surface area contributed by atoms with Crippen LogP contribution in [0.1, 0.15) is 20.8 Å². The Bertz CT molecular complexity index is 342. The van der Waals surface area contributed by atoms with Crippen molar-refractivity contribution in [3.05, 3.63) is 18.2 Å². The summed E-state index contributed by atoms with van der Waals surface area (Å²) < 4.78 is 5.41. The number of benzene rings is 1. The Hall–Kier alpha value is -0.870. The summed E-state index contributed by atoms with van der Waals surface area (Å²) in [6, 6.07) is 5.65. The molecule has 90 valence electrons. The van der Waals surface area contributed by atoms with E-state index < -0.39 is 0 Å². The molecule has 0 spiro atoms. The van der Waals surface area contributed by atoms with Crippen molar-refractivity contribution in [2.75, 3.05) is 12.3 Å². The second-order valence-corrected chi connectivity index (χ2v) is 5.19. The number of rotatable bonds is 5. The number of nitrogens with two attached hydrogens (primary N) is 1. The first-order valence-electron chi connectivity index (χ1n) is 5.41. The van der Waals surface area contributed by atoms with E-state index in [0.29, 0.717) is 12.3 Å². The first-order valence-corrected chi connectivity index (χ1v) is 6.29. The van der Waals surface area contributed by atoms with Gasteiger partial charge in [0.15, 0.2) is 0 Å². The molecule has 1 rings (SSSR count). The van der Waals surface area contributed by atoms with E-state index in [2.05, 4.69) is 0 Å². The lowest BCUT2D eigenvalue weighted by atomic mass is 10.3. The Labute approximate surface area is 101 Å². The summed E-state index contributed by atoms with van der Waals surface area (Å²) in [6.07, 6.45) is -0.345. The molecule has 0 radical (unpaired) electrons. The van der Waals surface area contributed by atoms with E-state index in [1.54, 1.807) is 24.8 Å².